The number of benzene rings is 1. The van der Waals surface area contributed by atoms with E-state index in [1.807, 2.05) is 23.0 Å². The van der Waals surface area contributed by atoms with Crippen LogP contribution >= 0.6 is 0 Å². The fourth-order valence-corrected chi connectivity index (χ4v) is 4.99. The van der Waals surface area contributed by atoms with Gasteiger partial charge in [-0.05, 0) is 61.4 Å². The van der Waals surface area contributed by atoms with E-state index < -0.39 is 0 Å². The van der Waals surface area contributed by atoms with E-state index in [0.717, 1.165) is 31.5 Å². The fraction of sp³-hybridized carbons (Fsp3) is 0.346. The lowest BCUT2D eigenvalue weighted by molar-refractivity contribution is 0.402. The number of nitriles is 1. The summed E-state index contributed by atoms with van der Waals surface area (Å²) in [4.78, 5) is 23.7. The van der Waals surface area contributed by atoms with Crippen LogP contribution in [0.15, 0.2) is 53.6 Å². The van der Waals surface area contributed by atoms with Crippen LogP contribution < -0.4 is 10.6 Å². The first kappa shape index (κ1) is 21.8. The van der Waals surface area contributed by atoms with Gasteiger partial charge in [0.05, 0.1) is 17.4 Å². The number of aromatic nitrogens is 5. The maximum Gasteiger partial charge on any atom is 0.349 e. The van der Waals surface area contributed by atoms with E-state index in [1.54, 1.807) is 19.2 Å². The highest BCUT2D eigenvalue weighted by atomic mass is 16.1. The van der Waals surface area contributed by atoms with Gasteiger partial charge in [-0.1, -0.05) is 25.1 Å². The number of nitrogens with zero attached hydrogens (tertiary/aromatic N) is 7. The summed E-state index contributed by atoms with van der Waals surface area (Å²) in [7, 11) is 1.69. The van der Waals surface area contributed by atoms with Gasteiger partial charge in [-0.3, -0.25) is 4.57 Å². The lowest BCUT2D eigenvalue weighted by Gasteiger charge is -2.40. The van der Waals surface area contributed by atoms with Crippen molar-refractivity contribution in [2.45, 2.75) is 45.1 Å². The van der Waals surface area contributed by atoms with Gasteiger partial charge in [0.25, 0.3) is 0 Å². The van der Waals surface area contributed by atoms with Gasteiger partial charge in [0.1, 0.15) is 17.3 Å². The molecule has 4 heterocycles. The third-order valence-electron chi connectivity index (χ3n) is 6.95. The van der Waals surface area contributed by atoms with Crippen LogP contribution in [0.2, 0.25) is 0 Å². The van der Waals surface area contributed by atoms with E-state index >= 15 is 0 Å². The SMILES string of the molecule is CCC1CC(c2cnn(-c3ccccc3C)c2)CCN1c1nc(=O)n(C)c2ccc(C#N)nc12. The first-order valence-corrected chi connectivity index (χ1v) is 11.6. The van der Waals surface area contributed by atoms with Crippen LogP contribution in [0.4, 0.5) is 5.82 Å². The summed E-state index contributed by atoms with van der Waals surface area (Å²) < 4.78 is 3.45. The van der Waals surface area contributed by atoms with Gasteiger partial charge >= 0.3 is 5.69 Å². The summed E-state index contributed by atoms with van der Waals surface area (Å²) >= 11 is 0. The molecule has 0 aliphatic carbocycles. The van der Waals surface area contributed by atoms with Crippen LogP contribution in [0.5, 0.6) is 0 Å². The van der Waals surface area contributed by atoms with Gasteiger partial charge < -0.3 is 4.90 Å². The van der Waals surface area contributed by atoms with Crippen LogP contribution in [-0.2, 0) is 7.05 Å². The average Bonchev–Trinajstić information content (AvgIpc) is 3.36. The number of hydrogen-bond acceptors (Lipinski definition) is 6. The number of piperidine rings is 1. The molecule has 0 amide bonds. The molecule has 0 spiro atoms. The molecular weight excluding hydrogens is 426 g/mol. The number of fused-ring (bicyclic) bond motifs is 1. The van der Waals surface area contributed by atoms with E-state index in [0.29, 0.717) is 28.5 Å². The van der Waals surface area contributed by atoms with Crippen molar-refractivity contribution in [1.29, 1.82) is 5.26 Å². The molecule has 5 rings (SSSR count). The quantitative estimate of drug-likeness (QED) is 0.466. The van der Waals surface area contributed by atoms with Gasteiger partial charge in [-0.2, -0.15) is 15.3 Å². The minimum absolute atomic E-state index is 0.205. The van der Waals surface area contributed by atoms with E-state index in [9.17, 15) is 10.1 Å². The molecule has 1 aliphatic heterocycles. The number of para-hydroxylation sites is 1. The van der Waals surface area contributed by atoms with E-state index in [4.69, 9.17) is 0 Å². The largest absolute Gasteiger partial charge is 0.352 e. The first-order chi connectivity index (χ1) is 16.5. The molecule has 0 radical (unpaired) electrons. The van der Waals surface area contributed by atoms with Crippen molar-refractivity contribution in [2.75, 3.05) is 11.4 Å². The minimum atomic E-state index is -0.314. The Morgan fingerprint density at radius 3 is 2.76 bits per heavy atom. The molecule has 8 nitrogen and oxygen atoms in total. The van der Waals surface area contributed by atoms with Gasteiger partial charge in [0.2, 0.25) is 0 Å². The van der Waals surface area contributed by atoms with Gasteiger partial charge in [-0.25, -0.2) is 14.5 Å². The zero-order chi connectivity index (χ0) is 23.8. The Hall–Kier alpha value is -3.99. The molecule has 1 aromatic carbocycles. The highest BCUT2D eigenvalue weighted by Gasteiger charge is 2.31. The molecule has 8 heteroatoms. The molecule has 2 unspecified atom stereocenters. The molecule has 34 heavy (non-hydrogen) atoms. The Bertz CT molecular complexity index is 1460. The topological polar surface area (TPSA) is 92.6 Å². The van der Waals surface area contributed by atoms with E-state index in [-0.39, 0.29) is 11.7 Å². The predicted octanol–water partition coefficient (Wildman–Crippen LogP) is 3.86. The number of anilines is 1. The normalized spacial score (nSPS) is 18.2. The van der Waals surface area contributed by atoms with Crippen LogP contribution in [0.3, 0.4) is 0 Å². The summed E-state index contributed by atoms with van der Waals surface area (Å²) in [5.41, 5.74) is 4.80. The highest BCUT2D eigenvalue weighted by Crippen LogP contribution is 2.36. The number of pyridine rings is 1. The number of aryl methyl sites for hydroxylation is 2. The van der Waals surface area contributed by atoms with Gasteiger partial charge in [0, 0.05) is 25.8 Å². The van der Waals surface area contributed by atoms with Crippen LogP contribution in [0.1, 0.15) is 48.9 Å². The molecule has 0 saturated carbocycles. The van der Waals surface area contributed by atoms with Crippen molar-refractivity contribution in [3.63, 3.8) is 0 Å². The van der Waals surface area contributed by atoms with Crippen LogP contribution in [0, 0.1) is 18.3 Å². The Morgan fingerprint density at radius 2 is 2.00 bits per heavy atom. The predicted molar refractivity (Wildman–Crippen MR) is 131 cm³/mol. The molecule has 1 aliphatic rings. The lowest BCUT2D eigenvalue weighted by Crippen LogP contribution is -2.43. The summed E-state index contributed by atoms with van der Waals surface area (Å²) in [6.07, 6.45) is 6.89. The molecule has 0 bridgehead atoms. The van der Waals surface area contributed by atoms with E-state index in [2.05, 4.69) is 58.2 Å². The van der Waals surface area contributed by atoms with Crippen molar-refractivity contribution >= 4 is 16.9 Å². The van der Waals surface area contributed by atoms with Gasteiger partial charge in [-0.15, -0.1) is 0 Å². The summed E-state index contributed by atoms with van der Waals surface area (Å²) in [6, 6.07) is 14.0. The third-order valence-corrected chi connectivity index (χ3v) is 6.95. The molecule has 172 valence electrons. The minimum Gasteiger partial charge on any atom is -0.352 e. The molecule has 4 aromatic rings. The maximum atomic E-state index is 12.6. The average molecular weight is 454 g/mol. The molecule has 0 N–H and O–H groups in total. The first-order valence-electron chi connectivity index (χ1n) is 11.6. The second kappa shape index (κ2) is 8.75. The van der Waals surface area contributed by atoms with Crippen molar-refractivity contribution in [3.05, 3.63) is 76.1 Å². The maximum absolute atomic E-state index is 12.6. The second-order valence-electron chi connectivity index (χ2n) is 8.93. The molecule has 1 saturated heterocycles. The van der Waals surface area contributed by atoms with Crippen molar-refractivity contribution in [1.82, 2.24) is 24.3 Å². The second-order valence-corrected chi connectivity index (χ2v) is 8.93. The van der Waals surface area contributed by atoms with Crippen molar-refractivity contribution in [3.8, 4) is 11.8 Å². The lowest BCUT2D eigenvalue weighted by atomic mass is 9.85. The third kappa shape index (κ3) is 3.73. The smallest absolute Gasteiger partial charge is 0.349 e. The number of hydrogen-bond donors (Lipinski definition) is 0. The van der Waals surface area contributed by atoms with E-state index in [1.165, 1.54) is 15.7 Å². The highest BCUT2D eigenvalue weighted by molar-refractivity contribution is 5.86. The zero-order valence-electron chi connectivity index (χ0n) is 19.6. The molecule has 1 fully saturated rings. The Kier molecular flexibility index (Phi) is 5.62. The van der Waals surface area contributed by atoms with Crippen LogP contribution in [0.25, 0.3) is 16.7 Å². The Morgan fingerprint density at radius 1 is 1.18 bits per heavy atom. The molecule has 2 atom stereocenters. The Balaban J connectivity index is 1.47. The van der Waals surface area contributed by atoms with Crippen LogP contribution in [-0.4, -0.2) is 36.9 Å². The van der Waals surface area contributed by atoms with Crippen molar-refractivity contribution < 1.29 is 0 Å². The monoisotopic (exact) mass is 453 g/mol. The van der Waals surface area contributed by atoms with Crippen molar-refractivity contribution in [2.24, 2.45) is 7.05 Å². The summed E-state index contributed by atoms with van der Waals surface area (Å²) in [6.45, 7) is 5.01. The summed E-state index contributed by atoms with van der Waals surface area (Å²) in [5.74, 6) is 0.954. The van der Waals surface area contributed by atoms with Gasteiger partial charge in [0.15, 0.2) is 5.82 Å². The fourth-order valence-electron chi connectivity index (χ4n) is 4.99. The molecule has 3 aromatic heterocycles. The Labute approximate surface area is 198 Å². The number of rotatable bonds is 4. The summed E-state index contributed by atoms with van der Waals surface area (Å²) in [5, 5.41) is 14.0. The molecular formula is C26H27N7O. The zero-order valence-corrected chi connectivity index (χ0v) is 19.6. The standard InChI is InChI=1S/C26H27N7O/c1-4-21-13-18(19-15-28-33(16-19)22-8-6-5-7-17(22)2)11-12-32(21)25-24-23(31(3)26(34)30-25)10-9-20(14-27)29-24/h5-10,15-16,18,21H,4,11-13H2,1-3H3.